The lowest BCUT2D eigenvalue weighted by atomic mass is 10.0. The fraction of sp³-hybridized carbons (Fsp3) is 0.875. The first-order valence-corrected chi connectivity index (χ1v) is 11.6. The van der Waals surface area contributed by atoms with Crippen molar-refractivity contribution in [2.75, 3.05) is 6.61 Å². The first-order chi connectivity index (χ1) is 12.8. The zero-order valence-electron chi connectivity index (χ0n) is 17.9. The Morgan fingerprint density at radius 2 is 1.00 bits per heavy atom. The largest absolute Gasteiger partial charge is 0.463 e. The Bertz CT molecular complexity index is 309. The maximum Gasteiger partial charge on any atom is 0.330 e. The third-order valence-electron chi connectivity index (χ3n) is 5.01. The Morgan fingerprint density at radius 1 is 0.615 bits per heavy atom. The van der Waals surface area contributed by atoms with Gasteiger partial charge in [0, 0.05) is 6.08 Å². The van der Waals surface area contributed by atoms with Crippen LogP contribution in [0, 0.1) is 0 Å². The van der Waals surface area contributed by atoms with Gasteiger partial charge in [0.25, 0.3) is 0 Å². The Morgan fingerprint density at radius 3 is 1.38 bits per heavy atom. The quantitative estimate of drug-likeness (QED) is 0.123. The summed E-state index contributed by atoms with van der Waals surface area (Å²) in [6.07, 6.45) is 28.3. The number of carbonyl (C=O) groups is 1. The predicted octanol–water partition coefficient (Wildman–Crippen LogP) is 8.15. The van der Waals surface area contributed by atoms with Crippen molar-refractivity contribution < 1.29 is 9.53 Å². The highest BCUT2D eigenvalue weighted by Crippen LogP contribution is 2.14. The van der Waals surface area contributed by atoms with Gasteiger partial charge < -0.3 is 4.74 Å². The average molecular weight is 367 g/mol. The molecule has 26 heavy (non-hydrogen) atoms. The van der Waals surface area contributed by atoms with Gasteiger partial charge in [-0.05, 0) is 19.8 Å². The number of carbonyl (C=O) groups excluding carboxylic acids is 1. The van der Waals surface area contributed by atoms with Crippen molar-refractivity contribution in [1.82, 2.24) is 0 Å². The molecule has 0 saturated carbocycles. The molecule has 2 nitrogen and oxygen atoms in total. The van der Waals surface area contributed by atoms with Crippen LogP contribution in [0.25, 0.3) is 0 Å². The molecule has 0 amide bonds. The molecule has 0 N–H and O–H groups in total. The van der Waals surface area contributed by atoms with Gasteiger partial charge in [0.05, 0.1) is 6.61 Å². The lowest BCUT2D eigenvalue weighted by molar-refractivity contribution is -0.137. The predicted molar refractivity (Wildman–Crippen MR) is 115 cm³/mol. The van der Waals surface area contributed by atoms with E-state index in [4.69, 9.17) is 4.74 Å². The van der Waals surface area contributed by atoms with E-state index in [2.05, 4.69) is 6.92 Å². The first kappa shape index (κ1) is 25.2. The van der Waals surface area contributed by atoms with E-state index < -0.39 is 0 Å². The lowest BCUT2D eigenvalue weighted by Gasteiger charge is -2.03. The van der Waals surface area contributed by atoms with Gasteiger partial charge >= 0.3 is 5.97 Å². The minimum Gasteiger partial charge on any atom is -0.463 e. The molecule has 0 aromatic heterocycles. The molecule has 0 heterocycles. The number of ether oxygens (including phenoxy) is 1. The summed E-state index contributed by atoms with van der Waals surface area (Å²) in [6.45, 7) is 4.58. The van der Waals surface area contributed by atoms with E-state index in [1.54, 1.807) is 6.08 Å². The smallest absolute Gasteiger partial charge is 0.330 e. The van der Waals surface area contributed by atoms with Gasteiger partial charge in [0.1, 0.15) is 0 Å². The van der Waals surface area contributed by atoms with Crippen LogP contribution in [0.2, 0.25) is 0 Å². The number of hydrogen-bond donors (Lipinski definition) is 0. The molecular weight excluding hydrogens is 320 g/mol. The van der Waals surface area contributed by atoms with E-state index >= 15 is 0 Å². The molecule has 0 unspecified atom stereocenters. The number of hydrogen-bond acceptors (Lipinski definition) is 2. The second-order valence-electron chi connectivity index (χ2n) is 7.60. The summed E-state index contributed by atoms with van der Waals surface area (Å²) in [5.41, 5.74) is 0. The van der Waals surface area contributed by atoms with Gasteiger partial charge in [-0.2, -0.15) is 0 Å². The fourth-order valence-corrected chi connectivity index (χ4v) is 3.36. The topological polar surface area (TPSA) is 26.3 Å². The van der Waals surface area contributed by atoms with Crippen LogP contribution < -0.4 is 0 Å². The molecule has 0 spiro atoms. The number of rotatable bonds is 20. The maximum absolute atomic E-state index is 11.1. The summed E-state index contributed by atoms with van der Waals surface area (Å²) in [6, 6.07) is 0. The highest BCUT2D eigenvalue weighted by atomic mass is 16.5. The number of allylic oxidation sites excluding steroid dienone is 1. The third kappa shape index (κ3) is 21.3. The zero-order valence-corrected chi connectivity index (χ0v) is 17.9. The molecule has 0 rings (SSSR count). The van der Waals surface area contributed by atoms with Crippen molar-refractivity contribution in [3.8, 4) is 0 Å². The van der Waals surface area contributed by atoms with Gasteiger partial charge in [-0.3, -0.25) is 0 Å². The van der Waals surface area contributed by atoms with E-state index in [1.807, 2.05) is 13.0 Å². The Balaban J connectivity index is 3.08. The van der Waals surface area contributed by atoms with Crippen molar-refractivity contribution in [2.45, 2.75) is 129 Å². The van der Waals surface area contributed by atoms with E-state index in [1.165, 1.54) is 109 Å². The molecule has 0 saturated heterocycles. The van der Waals surface area contributed by atoms with Crippen LogP contribution in [-0.4, -0.2) is 12.6 Å². The third-order valence-corrected chi connectivity index (χ3v) is 5.01. The molecule has 0 aromatic rings. The molecule has 0 fully saturated rings. The fourth-order valence-electron chi connectivity index (χ4n) is 3.36. The average Bonchev–Trinajstić information content (AvgIpc) is 2.64. The molecule has 0 atom stereocenters. The first-order valence-electron chi connectivity index (χ1n) is 11.6. The van der Waals surface area contributed by atoms with Crippen molar-refractivity contribution in [1.29, 1.82) is 0 Å². The number of unbranched alkanes of at least 4 members (excludes halogenated alkanes) is 17. The van der Waals surface area contributed by atoms with Crippen LogP contribution in [-0.2, 0) is 9.53 Å². The van der Waals surface area contributed by atoms with E-state index in [-0.39, 0.29) is 5.97 Å². The molecule has 0 bridgehead atoms. The monoisotopic (exact) mass is 366 g/mol. The van der Waals surface area contributed by atoms with Gasteiger partial charge in [0.2, 0.25) is 0 Å². The minimum absolute atomic E-state index is 0.209. The van der Waals surface area contributed by atoms with Crippen molar-refractivity contribution in [3.05, 3.63) is 12.2 Å². The second-order valence-corrected chi connectivity index (χ2v) is 7.60. The van der Waals surface area contributed by atoms with E-state index in [0.29, 0.717) is 6.61 Å². The van der Waals surface area contributed by atoms with Crippen LogP contribution in [0.4, 0.5) is 0 Å². The van der Waals surface area contributed by atoms with Crippen LogP contribution in [0.1, 0.15) is 129 Å². The van der Waals surface area contributed by atoms with Crippen LogP contribution in [0.3, 0.4) is 0 Å². The summed E-state index contributed by atoms with van der Waals surface area (Å²) in [5.74, 6) is -0.209. The molecule has 154 valence electrons. The van der Waals surface area contributed by atoms with Crippen LogP contribution in [0.5, 0.6) is 0 Å². The SMILES string of the molecule is CCCCCCCCCCCCCCCCCCCC=CC(=O)OCC. The van der Waals surface area contributed by atoms with Gasteiger partial charge in [-0.25, -0.2) is 4.79 Å². The summed E-state index contributed by atoms with van der Waals surface area (Å²) in [5, 5.41) is 0. The highest BCUT2D eigenvalue weighted by Gasteiger charge is 1.95. The molecule has 0 aliphatic carbocycles. The molecule has 0 radical (unpaired) electrons. The summed E-state index contributed by atoms with van der Waals surface area (Å²) < 4.78 is 4.85. The molecule has 0 aromatic carbocycles. The zero-order chi connectivity index (χ0) is 19.1. The molecule has 2 heteroatoms. The Hall–Kier alpha value is -0.790. The van der Waals surface area contributed by atoms with Gasteiger partial charge in [0.15, 0.2) is 0 Å². The second kappa shape index (κ2) is 22.3. The van der Waals surface area contributed by atoms with Crippen LogP contribution >= 0.6 is 0 Å². The van der Waals surface area contributed by atoms with Gasteiger partial charge in [-0.15, -0.1) is 0 Å². The standard InChI is InChI=1S/C24H46O2/c1-3-5-6-7-8-9-10-11-12-13-14-15-16-17-18-19-20-21-22-23-24(25)26-4-2/h22-23H,3-21H2,1-2H3. The lowest BCUT2D eigenvalue weighted by Crippen LogP contribution is -1.98. The number of esters is 1. The maximum atomic E-state index is 11.1. The van der Waals surface area contributed by atoms with Gasteiger partial charge in [-0.1, -0.05) is 116 Å². The molecule has 0 aliphatic rings. The Kier molecular flexibility index (Phi) is 21.6. The van der Waals surface area contributed by atoms with E-state index in [9.17, 15) is 4.79 Å². The summed E-state index contributed by atoms with van der Waals surface area (Å²) in [4.78, 5) is 11.1. The van der Waals surface area contributed by atoms with E-state index in [0.717, 1.165) is 6.42 Å². The molecular formula is C24H46O2. The van der Waals surface area contributed by atoms with Crippen molar-refractivity contribution in [3.63, 3.8) is 0 Å². The van der Waals surface area contributed by atoms with Crippen LogP contribution in [0.15, 0.2) is 12.2 Å². The molecule has 0 aliphatic heterocycles. The van der Waals surface area contributed by atoms with Crippen molar-refractivity contribution in [2.24, 2.45) is 0 Å². The highest BCUT2D eigenvalue weighted by molar-refractivity contribution is 5.81. The summed E-state index contributed by atoms with van der Waals surface area (Å²) in [7, 11) is 0. The summed E-state index contributed by atoms with van der Waals surface area (Å²) >= 11 is 0. The normalized spacial score (nSPS) is 11.3. The van der Waals surface area contributed by atoms with Crippen molar-refractivity contribution >= 4 is 5.97 Å². The minimum atomic E-state index is -0.209. The Labute approximate surface area is 164 Å².